The summed E-state index contributed by atoms with van der Waals surface area (Å²) in [7, 11) is 0. The van der Waals surface area contributed by atoms with Crippen molar-refractivity contribution in [2.45, 2.75) is 0 Å². The highest BCUT2D eigenvalue weighted by Crippen LogP contribution is 2.29. The number of benzene rings is 2. The Balaban J connectivity index is 2.18. The van der Waals surface area contributed by atoms with Crippen LogP contribution in [0.1, 0.15) is 0 Å². The van der Waals surface area contributed by atoms with Crippen LogP contribution < -0.4 is 11.4 Å². The van der Waals surface area contributed by atoms with E-state index in [2.05, 4.69) is 15.2 Å². The summed E-state index contributed by atoms with van der Waals surface area (Å²) in [5, 5.41) is 9.23. The first-order valence-electron chi connectivity index (χ1n) is 7.09. The summed E-state index contributed by atoms with van der Waals surface area (Å²) in [5.74, 6) is 0.103. The second kappa shape index (κ2) is 5.47. The number of nitrogens with zero attached hydrogens (tertiary/aromatic N) is 5. The number of para-hydroxylation sites is 1. The van der Waals surface area contributed by atoms with Crippen molar-refractivity contribution in [3.8, 4) is 11.4 Å². The van der Waals surface area contributed by atoms with Gasteiger partial charge in [-0.05, 0) is 24.3 Å². The van der Waals surface area contributed by atoms with Gasteiger partial charge in [0.25, 0.3) is 0 Å². The first-order chi connectivity index (χ1) is 11.6. The molecule has 2 aromatic heterocycles. The van der Waals surface area contributed by atoms with E-state index in [1.165, 1.54) is 9.36 Å². The van der Waals surface area contributed by atoms with E-state index in [9.17, 15) is 4.79 Å². The van der Waals surface area contributed by atoms with Gasteiger partial charge < -0.3 is 5.73 Å². The summed E-state index contributed by atoms with van der Waals surface area (Å²) in [6, 6.07) is 12.5. The summed E-state index contributed by atoms with van der Waals surface area (Å²) in [6.45, 7) is 0. The predicted molar refractivity (Wildman–Crippen MR) is 91.7 cm³/mol. The molecule has 4 rings (SSSR count). The zero-order valence-corrected chi connectivity index (χ0v) is 13.1. The fourth-order valence-electron chi connectivity index (χ4n) is 2.65. The Kier molecular flexibility index (Phi) is 3.28. The summed E-state index contributed by atoms with van der Waals surface area (Å²) in [6.07, 6.45) is 3.09. The Morgan fingerprint density at radius 2 is 1.75 bits per heavy atom. The van der Waals surface area contributed by atoms with Gasteiger partial charge in [-0.1, -0.05) is 29.8 Å². The maximum absolute atomic E-state index is 12.5. The first kappa shape index (κ1) is 14.4. The molecule has 0 aliphatic rings. The Morgan fingerprint density at radius 1 is 1.04 bits per heavy atom. The van der Waals surface area contributed by atoms with E-state index < -0.39 is 5.69 Å². The van der Waals surface area contributed by atoms with Gasteiger partial charge in [0.05, 0.1) is 29.0 Å². The molecule has 0 atom stereocenters. The SMILES string of the molecule is Nc1nc(=O)n(-c2ccccc2)c2cc(Cl)cc(-n3nccn3)c12. The molecule has 118 valence electrons. The molecule has 0 saturated heterocycles. The van der Waals surface area contributed by atoms with Gasteiger partial charge in [0.15, 0.2) is 0 Å². The number of halogens is 1. The van der Waals surface area contributed by atoms with E-state index in [1.807, 2.05) is 30.3 Å². The molecular weight excluding hydrogens is 328 g/mol. The molecule has 0 radical (unpaired) electrons. The molecule has 24 heavy (non-hydrogen) atoms. The van der Waals surface area contributed by atoms with E-state index in [1.54, 1.807) is 24.5 Å². The molecule has 4 aromatic rings. The number of fused-ring (bicyclic) bond motifs is 1. The predicted octanol–water partition coefficient (Wildman–Crippen LogP) is 2.20. The summed E-state index contributed by atoms with van der Waals surface area (Å²) in [4.78, 5) is 17.8. The molecule has 0 bridgehead atoms. The minimum absolute atomic E-state index is 0.103. The molecular formula is C16H11ClN6O. The van der Waals surface area contributed by atoms with Gasteiger partial charge in [0.2, 0.25) is 0 Å². The van der Waals surface area contributed by atoms with Crippen molar-refractivity contribution in [3.05, 3.63) is 70.4 Å². The monoisotopic (exact) mass is 338 g/mol. The number of hydrogen-bond acceptors (Lipinski definition) is 5. The third-order valence-electron chi connectivity index (χ3n) is 3.61. The van der Waals surface area contributed by atoms with Crippen LogP contribution >= 0.6 is 11.6 Å². The van der Waals surface area contributed by atoms with E-state index in [0.29, 0.717) is 27.3 Å². The normalized spacial score (nSPS) is 11.0. The molecule has 8 heteroatoms. The van der Waals surface area contributed by atoms with Crippen LogP contribution in [-0.2, 0) is 0 Å². The molecule has 2 N–H and O–H groups in total. The van der Waals surface area contributed by atoms with Crippen LogP contribution in [0.3, 0.4) is 0 Å². The molecule has 0 fully saturated rings. The van der Waals surface area contributed by atoms with Crippen LogP contribution in [0.4, 0.5) is 5.82 Å². The molecule has 0 amide bonds. The summed E-state index contributed by atoms with van der Waals surface area (Å²) in [5.41, 5.74) is 7.31. The van der Waals surface area contributed by atoms with Crippen LogP contribution in [0.2, 0.25) is 5.02 Å². The van der Waals surface area contributed by atoms with Crippen LogP contribution in [0.25, 0.3) is 22.3 Å². The Morgan fingerprint density at radius 3 is 2.46 bits per heavy atom. The maximum atomic E-state index is 12.5. The van der Waals surface area contributed by atoms with Gasteiger partial charge in [0, 0.05) is 5.02 Å². The fraction of sp³-hybridized carbons (Fsp3) is 0. The zero-order chi connectivity index (χ0) is 16.7. The van der Waals surface area contributed by atoms with Gasteiger partial charge in [-0.25, -0.2) is 4.79 Å². The lowest BCUT2D eigenvalue weighted by Crippen LogP contribution is -2.23. The third kappa shape index (κ3) is 2.22. The lowest BCUT2D eigenvalue weighted by atomic mass is 10.1. The van der Waals surface area contributed by atoms with Crippen molar-refractivity contribution in [2.75, 3.05) is 5.73 Å². The summed E-state index contributed by atoms with van der Waals surface area (Å²) < 4.78 is 1.46. The molecule has 0 aliphatic carbocycles. The number of aromatic nitrogens is 5. The van der Waals surface area contributed by atoms with Crippen molar-refractivity contribution >= 4 is 28.3 Å². The van der Waals surface area contributed by atoms with Gasteiger partial charge in [-0.3, -0.25) is 4.57 Å². The van der Waals surface area contributed by atoms with E-state index in [4.69, 9.17) is 17.3 Å². The second-order valence-corrected chi connectivity index (χ2v) is 5.52. The standard InChI is InChI=1S/C16H11ClN6O/c17-10-8-12-14(13(9-10)23-19-6-7-20-23)15(18)21-16(24)22(12)11-4-2-1-3-5-11/h1-9H,(H2,18,21,24). The highest BCUT2D eigenvalue weighted by molar-refractivity contribution is 6.31. The number of rotatable bonds is 2. The average Bonchev–Trinajstić information content (AvgIpc) is 3.09. The fourth-order valence-corrected chi connectivity index (χ4v) is 2.86. The molecule has 0 saturated carbocycles. The van der Waals surface area contributed by atoms with Crippen molar-refractivity contribution in [1.29, 1.82) is 0 Å². The van der Waals surface area contributed by atoms with Crippen LogP contribution in [0.15, 0.2) is 59.7 Å². The topological polar surface area (TPSA) is 91.6 Å². The van der Waals surface area contributed by atoms with Crippen molar-refractivity contribution in [3.63, 3.8) is 0 Å². The lowest BCUT2D eigenvalue weighted by molar-refractivity contribution is 0.756. The van der Waals surface area contributed by atoms with Crippen molar-refractivity contribution < 1.29 is 0 Å². The Bertz CT molecular complexity index is 1090. The average molecular weight is 339 g/mol. The van der Waals surface area contributed by atoms with Crippen LogP contribution in [0.5, 0.6) is 0 Å². The molecule has 2 aromatic carbocycles. The van der Waals surface area contributed by atoms with Gasteiger partial charge >= 0.3 is 5.69 Å². The largest absolute Gasteiger partial charge is 0.383 e. The minimum atomic E-state index is -0.479. The summed E-state index contributed by atoms with van der Waals surface area (Å²) >= 11 is 6.26. The lowest BCUT2D eigenvalue weighted by Gasteiger charge is -2.14. The molecule has 0 aliphatic heterocycles. The maximum Gasteiger partial charge on any atom is 0.354 e. The number of nitrogen functional groups attached to an aromatic ring is 1. The second-order valence-electron chi connectivity index (χ2n) is 5.09. The molecule has 0 unspecified atom stereocenters. The van der Waals surface area contributed by atoms with Gasteiger partial charge in [0.1, 0.15) is 11.5 Å². The minimum Gasteiger partial charge on any atom is -0.383 e. The quantitative estimate of drug-likeness (QED) is 0.605. The van der Waals surface area contributed by atoms with Gasteiger partial charge in [-0.2, -0.15) is 20.0 Å². The smallest absolute Gasteiger partial charge is 0.354 e. The highest BCUT2D eigenvalue weighted by Gasteiger charge is 2.16. The van der Waals surface area contributed by atoms with Crippen LogP contribution in [0, 0.1) is 0 Å². The zero-order valence-electron chi connectivity index (χ0n) is 12.3. The van der Waals surface area contributed by atoms with E-state index >= 15 is 0 Å². The molecule has 7 nitrogen and oxygen atoms in total. The van der Waals surface area contributed by atoms with E-state index in [0.717, 1.165) is 0 Å². The van der Waals surface area contributed by atoms with Crippen molar-refractivity contribution in [2.24, 2.45) is 0 Å². The Hall–Kier alpha value is -3.19. The van der Waals surface area contributed by atoms with Crippen LogP contribution in [-0.4, -0.2) is 24.5 Å². The number of hydrogen-bond donors (Lipinski definition) is 1. The highest BCUT2D eigenvalue weighted by atomic mass is 35.5. The van der Waals surface area contributed by atoms with Crippen molar-refractivity contribution in [1.82, 2.24) is 24.5 Å². The third-order valence-corrected chi connectivity index (χ3v) is 3.83. The van der Waals surface area contributed by atoms with Gasteiger partial charge in [-0.15, -0.1) is 0 Å². The number of nitrogens with two attached hydrogens (primary N) is 1. The Labute approximate surface area is 140 Å². The first-order valence-corrected chi connectivity index (χ1v) is 7.47. The molecule has 2 heterocycles. The molecule has 0 spiro atoms. The van der Waals surface area contributed by atoms with E-state index in [-0.39, 0.29) is 5.82 Å². The number of anilines is 1.